The SMILES string of the molecule is C[S@](=O)(=NS(=O)(=O)Cl)c1ncccn1. The smallest absolute Gasteiger partial charge is 0.241 e. The molecule has 1 atom stereocenters. The van der Waals surface area contributed by atoms with E-state index in [9.17, 15) is 12.6 Å². The van der Waals surface area contributed by atoms with E-state index in [0.29, 0.717) is 0 Å². The molecule has 0 N–H and O–H groups in total. The van der Waals surface area contributed by atoms with Gasteiger partial charge in [-0.1, -0.05) is 3.77 Å². The summed E-state index contributed by atoms with van der Waals surface area (Å²) in [6.45, 7) is 0. The van der Waals surface area contributed by atoms with Crippen molar-refractivity contribution < 1.29 is 12.6 Å². The molecule has 0 radical (unpaired) electrons. The Kier molecular flexibility index (Phi) is 3.07. The average Bonchev–Trinajstić information content (AvgIpc) is 2.01. The van der Waals surface area contributed by atoms with Gasteiger partial charge in [-0.3, -0.25) is 0 Å². The predicted octanol–water partition coefficient (Wildman–Crippen LogP) is 0.417. The van der Waals surface area contributed by atoms with Gasteiger partial charge in [-0.05, 0) is 6.07 Å². The summed E-state index contributed by atoms with van der Waals surface area (Å²) in [5.74, 6) is 0. The zero-order valence-corrected chi connectivity index (χ0v) is 9.38. The second-order valence-corrected chi connectivity index (χ2v) is 6.88. The minimum absolute atomic E-state index is 0.163. The van der Waals surface area contributed by atoms with Gasteiger partial charge in [-0.2, -0.15) is 8.42 Å². The van der Waals surface area contributed by atoms with Crippen molar-refractivity contribution >= 4 is 29.6 Å². The lowest BCUT2D eigenvalue weighted by molar-refractivity contribution is 0.611. The topological polar surface area (TPSA) is 89.4 Å². The summed E-state index contributed by atoms with van der Waals surface area (Å²) in [5.41, 5.74) is 0. The van der Waals surface area contributed by atoms with Crippen LogP contribution < -0.4 is 0 Å². The lowest BCUT2D eigenvalue weighted by atomic mass is 10.7. The van der Waals surface area contributed by atoms with E-state index >= 15 is 0 Å². The molecule has 0 saturated carbocycles. The molecule has 0 spiro atoms. The number of hydrogen-bond acceptors (Lipinski definition) is 5. The van der Waals surface area contributed by atoms with Gasteiger partial charge in [0.15, 0.2) is 0 Å². The largest absolute Gasteiger partial charge is 0.347 e. The Morgan fingerprint density at radius 2 is 1.79 bits per heavy atom. The van der Waals surface area contributed by atoms with Crippen molar-refractivity contribution in [3.63, 3.8) is 0 Å². The summed E-state index contributed by atoms with van der Waals surface area (Å²) in [5, 5.41) is -0.163. The first kappa shape index (κ1) is 11.3. The highest BCUT2D eigenvalue weighted by atomic mass is 35.7. The molecule has 9 heteroatoms. The maximum Gasteiger partial charge on any atom is 0.347 e. The Labute approximate surface area is 86.1 Å². The molecule has 0 saturated heterocycles. The molecule has 0 aromatic carbocycles. The normalized spacial score (nSPS) is 15.9. The van der Waals surface area contributed by atoms with Gasteiger partial charge in [0.1, 0.15) is 9.73 Å². The highest BCUT2D eigenvalue weighted by molar-refractivity contribution is 8.17. The Balaban J connectivity index is 3.37. The van der Waals surface area contributed by atoms with E-state index in [2.05, 4.69) is 13.7 Å². The van der Waals surface area contributed by atoms with Crippen LogP contribution in [0.15, 0.2) is 27.4 Å². The Hall–Kier alpha value is -0.730. The molecule has 0 unspecified atom stereocenters. The monoisotopic (exact) mass is 255 g/mol. The quantitative estimate of drug-likeness (QED) is 0.564. The molecule has 0 aliphatic carbocycles. The molecule has 14 heavy (non-hydrogen) atoms. The van der Waals surface area contributed by atoms with Gasteiger partial charge in [0.2, 0.25) is 5.16 Å². The van der Waals surface area contributed by atoms with Gasteiger partial charge >= 0.3 is 9.24 Å². The van der Waals surface area contributed by atoms with Crippen LogP contribution in [0, 0.1) is 0 Å². The van der Waals surface area contributed by atoms with E-state index in [4.69, 9.17) is 10.7 Å². The first-order valence-corrected chi connectivity index (χ1v) is 7.45. The van der Waals surface area contributed by atoms with Crippen LogP contribution in [0.2, 0.25) is 0 Å². The molecular formula is C5H6ClN3O3S2. The van der Waals surface area contributed by atoms with Crippen molar-refractivity contribution in [2.24, 2.45) is 3.77 Å². The molecular weight excluding hydrogens is 250 g/mol. The van der Waals surface area contributed by atoms with Gasteiger partial charge in [0.05, 0.1) is 0 Å². The maximum absolute atomic E-state index is 11.6. The van der Waals surface area contributed by atoms with Crippen LogP contribution in [-0.4, -0.2) is 28.9 Å². The lowest BCUT2D eigenvalue weighted by Gasteiger charge is -1.98. The molecule has 78 valence electrons. The van der Waals surface area contributed by atoms with Crippen molar-refractivity contribution in [1.82, 2.24) is 9.97 Å². The molecule has 1 heterocycles. The molecule has 6 nitrogen and oxygen atoms in total. The van der Waals surface area contributed by atoms with E-state index in [1.807, 2.05) is 0 Å². The first-order valence-electron chi connectivity index (χ1n) is 3.26. The van der Waals surface area contributed by atoms with Crippen LogP contribution in [-0.2, 0) is 19.0 Å². The molecule has 0 fully saturated rings. The zero-order valence-electron chi connectivity index (χ0n) is 6.99. The molecule has 1 rings (SSSR count). The second-order valence-electron chi connectivity index (χ2n) is 2.32. The summed E-state index contributed by atoms with van der Waals surface area (Å²) >= 11 is 0. The minimum atomic E-state index is -4.19. The third kappa shape index (κ3) is 3.20. The fourth-order valence-corrected chi connectivity index (χ4v) is 3.79. The molecule has 1 aromatic heterocycles. The minimum Gasteiger partial charge on any atom is -0.241 e. The maximum atomic E-state index is 11.6. The molecule has 0 bridgehead atoms. The summed E-state index contributed by atoms with van der Waals surface area (Å²) in [6, 6.07) is 1.51. The molecule has 1 aromatic rings. The summed E-state index contributed by atoms with van der Waals surface area (Å²) in [7, 11) is -2.53. The van der Waals surface area contributed by atoms with Gasteiger partial charge in [0.25, 0.3) is 0 Å². The average molecular weight is 256 g/mol. The number of nitrogens with zero attached hydrogens (tertiary/aromatic N) is 3. The van der Waals surface area contributed by atoms with Crippen LogP contribution >= 0.6 is 10.7 Å². The lowest BCUT2D eigenvalue weighted by Crippen LogP contribution is -2.04. The molecule has 0 aliphatic heterocycles. The van der Waals surface area contributed by atoms with E-state index < -0.39 is 19.0 Å². The summed E-state index contributed by atoms with van der Waals surface area (Å²) in [6.07, 6.45) is 3.77. The standard InChI is InChI=1S/C5H6ClN3O3S2/c1-13(10,9-14(6,11)12)5-7-3-2-4-8-5/h2-4H,1H3/t13-/m1/s1. The van der Waals surface area contributed by atoms with Crippen molar-refractivity contribution in [2.75, 3.05) is 6.26 Å². The molecule has 0 amide bonds. The fourth-order valence-electron chi connectivity index (χ4n) is 0.684. The summed E-state index contributed by atoms with van der Waals surface area (Å²) < 4.78 is 35.8. The van der Waals surface area contributed by atoms with Crippen molar-refractivity contribution in [3.05, 3.63) is 18.5 Å². The zero-order chi connectivity index (χ0) is 10.8. The number of rotatable bonds is 2. The Morgan fingerprint density at radius 1 is 1.29 bits per heavy atom. The third-order valence-corrected chi connectivity index (χ3v) is 4.36. The van der Waals surface area contributed by atoms with Crippen LogP contribution in [0.1, 0.15) is 0 Å². The van der Waals surface area contributed by atoms with Crippen molar-refractivity contribution in [1.29, 1.82) is 0 Å². The highest BCUT2D eigenvalue weighted by Gasteiger charge is 2.13. The van der Waals surface area contributed by atoms with Gasteiger partial charge in [-0.15, -0.1) is 0 Å². The Bertz CT molecular complexity index is 533. The van der Waals surface area contributed by atoms with Crippen molar-refractivity contribution in [2.45, 2.75) is 5.16 Å². The fraction of sp³-hybridized carbons (Fsp3) is 0.200. The van der Waals surface area contributed by atoms with Gasteiger partial charge in [-0.25, -0.2) is 14.2 Å². The van der Waals surface area contributed by atoms with Crippen LogP contribution in [0.3, 0.4) is 0 Å². The van der Waals surface area contributed by atoms with E-state index in [1.165, 1.54) is 18.5 Å². The summed E-state index contributed by atoms with van der Waals surface area (Å²) in [4.78, 5) is 7.26. The van der Waals surface area contributed by atoms with Crippen LogP contribution in [0.5, 0.6) is 0 Å². The van der Waals surface area contributed by atoms with E-state index in [1.54, 1.807) is 0 Å². The van der Waals surface area contributed by atoms with E-state index in [-0.39, 0.29) is 5.16 Å². The van der Waals surface area contributed by atoms with Gasteiger partial charge < -0.3 is 0 Å². The number of halogens is 1. The van der Waals surface area contributed by atoms with E-state index in [0.717, 1.165) is 6.26 Å². The van der Waals surface area contributed by atoms with Crippen molar-refractivity contribution in [3.8, 4) is 0 Å². The third-order valence-electron chi connectivity index (χ3n) is 1.11. The van der Waals surface area contributed by atoms with Crippen LogP contribution in [0.25, 0.3) is 0 Å². The number of hydrogen-bond donors (Lipinski definition) is 0. The highest BCUT2D eigenvalue weighted by Crippen LogP contribution is 2.09. The second kappa shape index (κ2) is 3.79. The van der Waals surface area contributed by atoms with Gasteiger partial charge in [0, 0.05) is 29.3 Å². The van der Waals surface area contributed by atoms with Crippen LogP contribution in [0.4, 0.5) is 0 Å². The predicted molar refractivity (Wildman–Crippen MR) is 51.6 cm³/mol. The molecule has 0 aliphatic rings. The first-order chi connectivity index (χ1) is 6.31. The number of aromatic nitrogens is 2. The Morgan fingerprint density at radius 3 is 2.21 bits per heavy atom.